The van der Waals surface area contributed by atoms with Crippen LogP contribution in [0.5, 0.6) is 0 Å². The minimum absolute atomic E-state index is 0.0122. The first kappa shape index (κ1) is 25.1. The molecule has 0 saturated carbocycles. The van der Waals surface area contributed by atoms with Crippen molar-refractivity contribution in [3.05, 3.63) is 29.8 Å². The van der Waals surface area contributed by atoms with Gasteiger partial charge in [-0.3, -0.25) is 14.4 Å². The lowest BCUT2D eigenvalue weighted by molar-refractivity contribution is -0.139. The molecule has 7 nitrogen and oxygen atoms in total. The zero-order valence-electron chi connectivity index (χ0n) is 19.9. The summed E-state index contributed by atoms with van der Waals surface area (Å²) in [6, 6.07) is 2.94. The third-order valence-electron chi connectivity index (χ3n) is 6.30. The topological polar surface area (TPSA) is 73.0 Å². The van der Waals surface area contributed by atoms with E-state index >= 15 is 0 Å². The molecule has 2 heterocycles. The predicted molar refractivity (Wildman–Crippen MR) is 121 cm³/mol. The molecule has 0 aliphatic carbocycles. The first-order valence-corrected chi connectivity index (χ1v) is 11.4. The fourth-order valence-corrected chi connectivity index (χ4v) is 4.82. The molecular weight excluding hydrogens is 430 g/mol. The van der Waals surface area contributed by atoms with Crippen LogP contribution in [0.25, 0.3) is 0 Å². The van der Waals surface area contributed by atoms with Gasteiger partial charge in [0.1, 0.15) is 11.6 Å². The molecule has 2 fully saturated rings. The van der Waals surface area contributed by atoms with E-state index in [1.54, 1.807) is 4.90 Å². The van der Waals surface area contributed by atoms with Gasteiger partial charge in [-0.15, -0.1) is 0 Å². The number of hydrogen-bond donors (Lipinski definition) is 1. The number of anilines is 1. The minimum Gasteiger partial charge on any atom is -0.355 e. The van der Waals surface area contributed by atoms with Crippen molar-refractivity contribution in [1.82, 2.24) is 15.1 Å². The first-order chi connectivity index (χ1) is 15.4. The highest BCUT2D eigenvalue weighted by Crippen LogP contribution is 2.29. The number of hydrogen-bond acceptors (Lipinski definition) is 4. The maximum absolute atomic E-state index is 13.5. The van der Waals surface area contributed by atoms with Crippen LogP contribution < -0.4 is 10.2 Å². The van der Waals surface area contributed by atoms with Crippen molar-refractivity contribution in [1.29, 1.82) is 0 Å². The van der Waals surface area contributed by atoms with Gasteiger partial charge in [0.15, 0.2) is 0 Å². The van der Waals surface area contributed by atoms with Crippen LogP contribution in [-0.2, 0) is 14.4 Å². The monoisotopic (exact) mass is 464 g/mol. The summed E-state index contributed by atoms with van der Waals surface area (Å²) in [6.07, 6.45) is 1.16. The molecule has 1 unspecified atom stereocenters. The smallest absolute Gasteiger partial charge is 0.228 e. The Bertz CT molecular complexity index is 877. The number of piperidine rings is 1. The Balaban J connectivity index is 1.50. The van der Waals surface area contributed by atoms with E-state index in [9.17, 15) is 23.2 Å². The maximum Gasteiger partial charge on any atom is 0.228 e. The summed E-state index contributed by atoms with van der Waals surface area (Å²) in [5, 5.41) is 3.05. The van der Waals surface area contributed by atoms with Gasteiger partial charge in [-0.1, -0.05) is 13.8 Å². The molecule has 3 rings (SSSR count). The van der Waals surface area contributed by atoms with Crippen molar-refractivity contribution >= 4 is 23.4 Å². The summed E-state index contributed by atoms with van der Waals surface area (Å²) in [7, 11) is 4.01. The van der Waals surface area contributed by atoms with E-state index in [1.807, 2.05) is 14.1 Å². The molecule has 3 amide bonds. The zero-order valence-corrected chi connectivity index (χ0v) is 19.9. The van der Waals surface area contributed by atoms with Crippen molar-refractivity contribution in [3.8, 4) is 0 Å². The molecule has 1 aromatic rings. The van der Waals surface area contributed by atoms with Crippen LogP contribution in [0.1, 0.15) is 33.1 Å². The van der Waals surface area contributed by atoms with Crippen LogP contribution in [0.15, 0.2) is 18.2 Å². The van der Waals surface area contributed by atoms with E-state index in [0.29, 0.717) is 32.5 Å². The number of likely N-dealkylation sites (tertiary alicyclic amines) is 1. The highest BCUT2D eigenvalue weighted by molar-refractivity contribution is 6.00. The molecule has 0 radical (unpaired) electrons. The summed E-state index contributed by atoms with van der Waals surface area (Å²) in [4.78, 5) is 43.1. The van der Waals surface area contributed by atoms with Gasteiger partial charge < -0.3 is 20.0 Å². The second kappa shape index (κ2) is 10.2. The lowest BCUT2D eigenvalue weighted by atomic mass is 9.91. The maximum atomic E-state index is 13.5. The van der Waals surface area contributed by atoms with Gasteiger partial charge in [-0.25, -0.2) is 8.78 Å². The predicted octanol–water partition coefficient (Wildman–Crippen LogP) is 2.26. The van der Waals surface area contributed by atoms with Crippen LogP contribution >= 0.6 is 0 Å². The molecule has 182 valence electrons. The second-order valence-electron chi connectivity index (χ2n) is 10.3. The molecule has 2 aliphatic heterocycles. The molecule has 1 N–H and O–H groups in total. The molecule has 1 atom stereocenters. The summed E-state index contributed by atoms with van der Waals surface area (Å²) >= 11 is 0. The molecule has 0 bridgehead atoms. The van der Waals surface area contributed by atoms with Crippen LogP contribution in [0.3, 0.4) is 0 Å². The molecule has 33 heavy (non-hydrogen) atoms. The number of benzene rings is 1. The number of nitrogens with one attached hydrogen (secondary N) is 1. The molecule has 2 aliphatic rings. The fraction of sp³-hybridized carbons (Fsp3) is 0.625. The summed E-state index contributed by atoms with van der Waals surface area (Å²) in [5.74, 6) is -2.68. The average Bonchev–Trinajstić information content (AvgIpc) is 3.12. The number of halogens is 2. The SMILES string of the molecule is CN(C)CC(C)(C)CNC(=O)C1CCN(C(=O)C2CC(=O)N(c3cc(F)cc(F)c3)C2)CC1. The Labute approximate surface area is 194 Å². The van der Waals surface area contributed by atoms with Gasteiger partial charge in [0.25, 0.3) is 0 Å². The molecule has 2 saturated heterocycles. The van der Waals surface area contributed by atoms with Crippen molar-refractivity contribution < 1.29 is 23.2 Å². The number of amides is 3. The zero-order chi connectivity index (χ0) is 24.3. The van der Waals surface area contributed by atoms with Gasteiger partial charge in [0.05, 0.1) is 5.92 Å². The van der Waals surface area contributed by atoms with Gasteiger partial charge in [0.2, 0.25) is 17.7 Å². The second-order valence-corrected chi connectivity index (χ2v) is 10.3. The van der Waals surface area contributed by atoms with Crippen molar-refractivity contribution in [2.24, 2.45) is 17.3 Å². The summed E-state index contributed by atoms with van der Waals surface area (Å²) < 4.78 is 27.1. The largest absolute Gasteiger partial charge is 0.355 e. The van der Waals surface area contributed by atoms with E-state index in [-0.39, 0.29) is 47.7 Å². The number of nitrogens with zero attached hydrogens (tertiary/aromatic N) is 3. The normalized spacial score (nSPS) is 20.0. The Hall–Kier alpha value is -2.55. The molecule has 9 heteroatoms. The van der Waals surface area contributed by atoms with Gasteiger partial charge in [0, 0.05) is 56.8 Å². The number of carbonyl (C=O) groups excluding carboxylic acids is 3. The Morgan fingerprint density at radius 1 is 1.09 bits per heavy atom. The van der Waals surface area contributed by atoms with Gasteiger partial charge in [-0.05, 0) is 44.5 Å². The van der Waals surface area contributed by atoms with E-state index in [2.05, 4.69) is 24.1 Å². The Morgan fingerprint density at radius 3 is 2.27 bits per heavy atom. The highest BCUT2D eigenvalue weighted by Gasteiger charge is 2.39. The lowest BCUT2D eigenvalue weighted by Crippen LogP contribution is -2.47. The van der Waals surface area contributed by atoms with E-state index in [1.165, 1.54) is 4.90 Å². The first-order valence-electron chi connectivity index (χ1n) is 11.4. The standard InChI is InChI=1S/C24H34F2N4O3/c1-24(2,15-28(3)4)14-27-22(32)16-5-7-29(8-6-16)23(33)17-9-21(31)30(13-17)20-11-18(25)10-19(26)12-20/h10-12,16-17H,5-9,13-15H2,1-4H3,(H,27,32). The van der Waals surface area contributed by atoms with Gasteiger partial charge >= 0.3 is 0 Å². The molecule has 0 spiro atoms. The third-order valence-corrected chi connectivity index (χ3v) is 6.30. The van der Waals surface area contributed by atoms with E-state index < -0.39 is 17.6 Å². The minimum atomic E-state index is -0.766. The van der Waals surface area contributed by atoms with Crippen molar-refractivity contribution in [3.63, 3.8) is 0 Å². The Morgan fingerprint density at radius 2 is 1.70 bits per heavy atom. The van der Waals surface area contributed by atoms with Crippen LogP contribution in [0.4, 0.5) is 14.5 Å². The lowest BCUT2D eigenvalue weighted by Gasteiger charge is -2.34. The highest BCUT2D eigenvalue weighted by atomic mass is 19.1. The summed E-state index contributed by atoms with van der Waals surface area (Å²) in [5.41, 5.74) is 0.0850. The fourth-order valence-electron chi connectivity index (χ4n) is 4.82. The molecule has 1 aromatic carbocycles. The van der Waals surface area contributed by atoms with E-state index in [0.717, 1.165) is 24.7 Å². The Kier molecular flexibility index (Phi) is 7.72. The van der Waals surface area contributed by atoms with Gasteiger partial charge in [-0.2, -0.15) is 0 Å². The third kappa shape index (κ3) is 6.50. The van der Waals surface area contributed by atoms with Crippen molar-refractivity contribution in [2.45, 2.75) is 33.1 Å². The number of carbonyl (C=O) groups is 3. The van der Waals surface area contributed by atoms with Crippen LogP contribution in [0.2, 0.25) is 0 Å². The quantitative estimate of drug-likeness (QED) is 0.672. The molecular formula is C24H34F2N4O3. The van der Waals surface area contributed by atoms with Crippen LogP contribution in [0, 0.1) is 28.9 Å². The summed E-state index contributed by atoms with van der Waals surface area (Å²) in [6.45, 7) is 6.68. The van der Waals surface area contributed by atoms with Crippen LogP contribution in [-0.4, -0.2) is 74.3 Å². The average molecular weight is 465 g/mol. The number of rotatable bonds is 7. The van der Waals surface area contributed by atoms with E-state index in [4.69, 9.17) is 0 Å². The molecule has 0 aromatic heterocycles. The van der Waals surface area contributed by atoms with Crippen molar-refractivity contribution in [2.75, 3.05) is 51.7 Å².